The van der Waals surface area contributed by atoms with Crippen LogP contribution in [0, 0.1) is 5.92 Å². The standard InChI is InChI=1S/C27H37NO5S/c1-5-7-21(2)27(18-26-8-6-17-33-26)34(29,30)28(19-22-9-13-24(31-3)14-10-22)20-23-11-15-25(32-4)16-12-23/h5,9-16,21,26-27H,1,6-8,17-20H2,2-4H3/t21-,26?,27+/m0/s1. The lowest BCUT2D eigenvalue weighted by Gasteiger charge is -2.32. The Morgan fingerprint density at radius 3 is 1.97 bits per heavy atom. The van der Waals surface area contributed by atoms with E-state index in [4.69, 9.17) is 14.2 Å². The highest BCUT2D eigenvalue weighted by Gasteiger charge is 2.38. The number of nitrogens with zero attached hydrogens (tertiary/aromatic N) is 1. The van der Waals surface area contributed by atoms with Gasteiger partial charge in [0.2, 0.25) is 10.0 Å². The van der Waals surface area contributed by atoms with Crippen molar-refractivity contribution >= 4 is 10.0 Å². The minimum absolute atomic E-state index is 0.0177. The van der Waals surface area contributed by atoms with Gasteiger partial charge in [0.05, 0.1) is 25.6 Å². The van der Waals surface area contributed by atoms with Crippen LogP contribution in [0.4, 0.5) is 0 Å². The smallest absolute Gasteiger partial charge is 0.217 e. The molecular formula is C27H37NO5S. The van der Waals surface area contributed by atoms with Crippen LogP contribution < -0.4 is 9.47 Å². The summed E-state index contributed by atoms with van der Waals surface area (Å²) in [5, 5.41) is -0.551. The first-order valence-corrected chi connectivity index (χ1v) is 13.3. The van der Waals surface area contributed by atoms with Crippen molar-refractivity contribution in [2.24, 2.45) is 5.92 Å². The molecule has 0 aromatic heterocycles. The third kappa shape index (κ3) is 6.84. The zero-order valence-electron chi connectivity index (χ0n) is 20.5. The number of rotatable bonds is 13. The molecule has 3 rings (SSSR count). The minimum Gasteiger partial charge on any atom is -0.497 e. The van der Waals surface area contributed by atoms with Crippen molar-refractivity contribution in [2.75, 3.05) is 20.8 Å². The molecule has 1 saturated heterocycles. The van der Waals surface area contributed by atoms with Gasteiger partial charge in [0.15, 0.2) is 0 Å². The summed E-state index contributed by atoms with van der Waals surface area (Å²) in [6, 6.07) is 15.1. The third-order valence-electron chi connectivity index (χ3n) is 6.47. The average Bonchev–Trinajstić information content (AvgIpc) is 3.36. The van der Waals surface area contributed by atoms with Gasteiger partial charge in [0.25, 0.3) is 0 Å². The van der Waals surface area contributed by atoms with E-state index in [1.54, 1.807) is 24.6 Å². The molecule has 0 amide bonds. The number of allylic oxidation sites excluding steroid dienone is 1. The zero-order chi connectivity index (χ0) is 24.6. The summed E-state index contributed by atoms with van der Waals surface area (Å²) in [6.45, 7) is 7.11. The second-order valence-electron chi connectivity index (χ2n) is 8.92. The van der Waals surface area contributed by atoms with Gasteiger partial charge in [0, 0.05) is 19.7 Å². The third-order valence-corrected chi connectivity index (χ3v) is 8.87. The van der Waals surface area contributed by atoms with Crippen LogP contribution in [-0.4, -0.2) is 44.9 Å². The van der Waals surface area contributed by atoms with Crippen LogP contribution in [0.5, 0.6) is 11.5 Å². The fraction of sp³-hybridized carbons (Fsp3) is 0.481. The zero-order valence-corrected chi connectivity index (χ0v) is 21.3. The van der Waals surface area contributed by atoms with Gasteiger partial charge in [-0.25, -0.2) is 8.42 Å². The maximum Gasteiger partial charge on any atom is 0.217 e. The van der Waals surface area contributed by atoms with Gasteiger partial charge in [-0.1, -0.05) is 37.3 Å². The maximum atomic E-state index is 14.2. The molecule has 0 spiro atoms. The summed E-state index contributed by atoms with van der Waals surface area (Å²) >= 11 is 0. The van der Waals surface area contributed by atoms with E-state index in [-0.39, 0.29) is 25.1 Å². The molecule has 0 bridgehead atoms. The normalized spacial score (nSPS) is 17.9. The molecule has 2 aromatic rings. The molecular weight excluding hydrogens is 450 g/mol. The SMILES string of the molecule is C=CC[C@H](C)[C@@H](CC1CCCO1)S(=O)(=O)N(Cc1ccc(OC)cc1)Cc1ccc(OC)cc1. The molecule has 0 radical (unpaired) electrons. The lowest BCUT2D eigenvalue weighted by Crippen LogP contribution is -2.42. The summed E-state index contributed by atoms with van der Waals surface area (Å²) in [5.41, 5.74) is 1.82. The molecule has 1 fully saturated rings. The summed E-state index contributed by atoms with van der Waals surface area (Å²) in [7, 11) is -0.422. The van der Waals surface area contributed by atoms with Crippen LogP contribution in [0.25, 0.3) is 0 Å². The Hall–Kier alpha value is -2.35. The summed E-state index contributed by atoms with van der Waals surface area (Å²) < 4.78 is 46.3. The van der Waals surface area contributed by atoms with E-state index >= 15 is 0 Å². The van der Waals surface area contributed by atoms with E-state index in [1.165, 1.54) is 0 Å². The molecule has 1 aliphatic heterocycles. The predicted octanol–water partition coefficient (Wildman–Crippen LogP) is 5.19. The van der Waals surface area contributed by atoms with Gasteiger partial charge in [-0.3, -0.25) is 0 Å². The number of hydrogen-bond acceptors (Lipinski definition) is 5. The van der Waals surface area contributed by atoms with Crippen molar-refractivity contribution in [3.8, 4) is 11.5 Å². The van der Waals surface area contributed by atoms with Gasteiger partial charge in [-0.05, 0) is 67.0 Å². The second kappa shape index (κ2) is 12.4. The molecule has 3 atom stereocenters. The molecule has 1 aliphatic rings. The molecule has 2 aromatic carbocycles. The van der Waals surface area contributed by atoms with Crippen LogP contribution in [0.3, 0.4) is 0 Å². The van der Waals surface area contributed by atoms with Crippen LogP contribution in [0.2, 0.25) is 0 Å². The van der Waals surface area contributed by atoms with E-state index in [2.05, 4.69) is 6.58 Å². The van der Waals surface area contributed by atoms with Gasteiger partial charge < -0.3 is 14.2 Å². The van der Waals surface area contributed by atoms with Gasteiger partial charge >= 0.3 is 0 Å². The number of ether oxygens (including phenoxy) is 3. The van der Waals surface area contributed by atoms with Crippen molar-refractivity contribution in [3.05, 3.63) is 72.3 Å². The van der Waals surface area contributed by atoms with Gasteiger partial charge in [-0.2, -0.15) is 4.31 Å². The topological polar surface area (TPSA) is 65.1 Å². The minimum atomic E-state index is -3.66. The molecule has 0 aliphatic carbocycles. The Balaban J connectivity index is 1.93. The first kappa shape index (κ1) is 26.3. The van der Waals surface area contributed by atoms with Gasteiger partial charge in [0.1, 0.15) is 11.5 Å². The largest absolute Gasteiger partial charge is 0.497 e. The molecule has 1 unspecified atom stereocenters. The predicted molar refractivity (Wildman–Crippen MR) is 136 cm³/mol. The maximum absolute atomic E-state index is 14.2. The van der Waals surface area contributed by atoms with E-state index in [1.807, 2.05) is 55.5 Å². The first-order valence-electron chi connectivity index (χ1n) is 11.8. The molecule has 34 heavy (non-hydrogen) atoms. The number of hydrogen-bond donors (Lipinski definition) is 0. The lowest BCUT2D eigenvalue weighted by molar-refractivity contribution is 0.0989. The molecule has 6 nitrogen and oxygen atoms in total. The fourth-order valence-corrected chi connectivity index (χ4v) is 6.65. The van der Waals surface area contributed by atoms with E-state index in [9.17, 15) is 8.42 Å². The van der Waals surface area contributed by atoms with Crippen LogP contribution >= 0.6 is 0 Å². The monoisotopic (exact) mass is 487 g/mol. The van der Waals surface area contributed by atoms with Crippen LogP contribution in [0.1, 0.15) is 43.7 Å². The molecule has 186 valence electrons. The highest BCUT2D eigenvalue weighted by Crippen LogP contribution is 2.31. The summed E-state index contributed by atoms with van der Waals surface area (Å²) in [5.74, 6) is 1.41. The van der Waals surface area contributed by atoms with Crippen molar-refractivity contribution < 1.29 is 22.6 Å². The fourth-order valence-electron chi connectivity index (χ4n) is 4.45. The summed E-state index contributed by atoms with van der Waals surface area (Å²) in [4.78, 5) is 0. The number of sulfonamides is 1. The van der Waals surface area contributed by atoms with Crippen molar-refractivity contribution in [3.63, 3.8) is 0 Å². The Morgan fingerprint density at radius 2 is 1.56 bits per heavy atom. The van der Waals surface area contributed by atoms with Crippen molar-refractivity contribution in [2.45, 2.75) is 57.1 Å². The Morgan fingerprint density at radius 1 is 1.03 bits per heavy atom. The van der Waals surface area contributed by atoms with Crippen LogP contribution in [-0.2, 0) is 27.8 Å². The van der Waals surface area contributed by atoms with Gasteiger partial charge in [-0.15, -0.1) is 6.58 Å². The Kier molecular flexibility index (Phi) is 9.56. The second-order valence-corrected chi connectivity index (χ2v) is 11.1. The molecule has 1 heterocycles. The highest BCUT2D eigenvalue weighted by atomic mass is 32.2. The Labute approximate surface area is 204 Å². The Bertz CT molecular complexity index is 949. The lowest BCUT2D eigenvalue weighted by atomic mass is 9.98. The average molecular weight is 488 g/mol. The van der Waals surface area contributed by atoms with E-state index in [0.29, 0.717) is 19.4 Å². The van der Waals surface area contributed by atoms with Crippen LogP contribution in [0.15, 0.2) is 61.2 Å². The summed E-state index contributed by atoms with van der Waals surface area (Å²) in [6.07, 6.45) is 4.81. The number of methoxy groups -OCH3 is 2. The molecule has 7 heteroatoms. The van der Waals surface area contributed by atoms with E-state index < -0.39 is 15.3 Å². The number of benzene rings is 2. The highest BCUT2D eigenvalue weighted by molar-refractivity contribution is 7.89. The first-order chi connectivity index (χ1) is 16.4. The van der Waals surface area contributed by atoms with Crippen molar-refractivity contribution in [1.29, 1.82) is 0 Å². The van der Waals surface area contributed by atoms with E-state index in [0.717, 1.165) is 35.5 Å². The molecule has 0 saturated carbocycles. The molecule has 0 N–H and O–H groups in total. The quantitative estimate of drug-likeness (QED) is 0.364. The van der Waals surface area contributed by atoms with Crippen molar-refractivity contribution in [1.82, 2.24) is 4.31 Å².